The topological polar surface area (TPSA) is 33.8 Å². The van der Waals surface area contributed by atoms with Gasteiger partial charge in [0, 0.05) is 7.11 Å². The van der Waals surface area contributed by atoms with E-state index < -0.39 is 0 Å². The highest BCUT2D eigenvalue weighted by Gasteiger charge is 2.38. The van der Waals surface area contributed by atoms with E-state index in [0.717, 1.165) is 13.0 Å². The predicted octanol–water partition coefficient (Wildman–Crippen LogP) is 0.315. The molecule has 1 saturated heterocycles. The number of nitrogens with one attached hydrogen (secondary N) is 1. The Morgan fingerprint density at radius 2 is 2.44 bits per heavy atom. The van der Waals surface area contributed by atoms with Crippen LogP contribution < -0.4 is 5.32 Å². The molecule has 0 spiro atoms. The van der Waals surface area contributed by atoms with Crippen LogP contribution in [0, 0.1) is 0 Å². The van der Waals surface area contributed by atoms with E-state index in [1.165, 1.54) is 0 Å². The molecular weight excluding hydrogens is 118 g/mol. The molecule has 0 radical (unpaired) electrons. The molecule has 1 N–H and O–H groups in total. The second-order valence-electron chi connectivity index (χ2n) is 2.11. The van der Waals surface area contributed by atoms with Crippen LogP contribution in [0.15, 0.2) is 0 Å². The number of epoxide rings is 1. The number of rotatable bonds is 4. The number of ether oxygens (including phenoxy) is 2. The number of methoxy groups -OCH3 is 1. The first-order chi connectivity index (χ1) is 4.38. The smallest absolute Gasteiger partial charge is 0.199 e. The molecule has 0 aromatic heterocycles. The van der Waals surface area contributed by atoms with Crippen LogP contribution in [0.25, 0.3) is 0 Å². The lowest BCUT2D eigenvalue weighted by atomic mass is 10.5. The second kappa shape index (κ2) is 3.15. The maximum absolute atomic E-state index is 5.03. The molecule has 0 bridgehead atoms. The predicted molar refractivity (Wildman–Crippen MR) is 34.0 cm³/mol. The lowest BCUT2D eigenvalue weighted by molar-refractivity contribution is 0.0950. The van der Waals surface area contributed by atoms with Gasteiger partial charge in [-0.05, 0) is 13.0 Å². The summed E-state index contributed by atoms with van der Waals surface area (Å²) < 4.78 is 9.92. The number of hydrogen-bond donors (Lipinski definition) is 1. The quantitative estimate of drug-likeness (QED) is 0.558. The molecule has 1 aliphatic rings. The summed E-state index contributed by atoms with van der Waals surface area (Å²) >= 11 is 0. The average molecular weight is 131 g/mol. The van der Waals surface area contributed by atoms with Gasteiger partial charge in [0.15, 0.2) is 12.5 Å². The summed E-state index contributed by atoms with van der Waals surface area (Å²) in [6.07, 6.45) is 1.31. The van der Waals surface area contributed by atoms with E-state index in [9.17, 15) is 0 Å². The Labute approximate surface area is 55.3 Å². The third-order valence-electron chi connectivity index (χ3n) is 1.28. The van der Waals surface area contributed by atoms with Crippen LogP contribution in [0.5, 0.6) is 0 Å². The first kappa shape index (κ1) is 6.99. The van der Waals surface area contributed by atoms with Gasteiger partial charge in [0.05, 0.1) is 0 Å². The fourth-order valence-corrected chi connectivity index (χ4v) is 0.709. The molecule has 1 aliphatic heterocycles. The standard InChI is InChI=1S/C6H13NO2/c1-3-4-7-5-6(8-2)9-5/h5-7H,3-4H2,1-2H3. The molecule has 0 saturated carbocycles. The van der Waals surface area contributed by atoms with Crippen LogP contribution in [-0.4, -0.2) is 26.2 Å². The van der Waals surface area contributed by atoms with Gasteiger partial charge in [-0.2, -0.15) is 0 Å². The molecule has 2 atom stereocenters. The summed E-state index contributed by atoms with van der Waals surface area (Å²) in [5, 5.41) is 3.16. The van der Waals surface area contributed by atoms with E-state index in [0.29, 0.717) is 0 Å². The second-order valence-corrected chi connectivity index (χ2v) is 2.11. The van der Waals surface area contributed by atoms with Crippen LogP contribution >= 0.6 is 0 Å². The highest BCUT2D eigenvalue weighted by atomic mass is 16.8. The minimum Gasteiger partial charge on any atom is -0.352 e. The van der Waals surface area contributed by atoms with E-state index in [-0.39, 0.29) is 12.5 Å². The zero-order valence-electron chi connectivity index (χ0n) is 5.89. The maximum atomic E-state index is 5.03. The molecule has 0 aromatic rings. The minimum atomic E-state index is 0.0107. The molecule has 2 unspecified atom stereocenters. The van der Waals surface area contributed by atoms with Crippen molar-refractivity contribution in [3.8, 4) is 0 Å². The van der Waals surface area contributed by atoms with E-state index in [1.807, 2.05) is 0 Å². The zero-order chi connectivity index (χ0) is 6.69. The van der Waals surface area contributed by atoms with Crippen LogP contribution in [-0.2, 0) is 9.47 Å². The molecule has 9 heavy (non-hydrogen) atoms. The van der Waals surface area contributed by atoms with Gasteiger partial charge in [-0.1, -0.05) is 6.92 Å². The largest absolute Gasteiger partial charge is 0.352 e. The van der Waals surface area contributed by atoms with Crippen molar-refractivity contribution in [2.45, 2.75) is 25.9 Å². The molecule has 3 heteroatoms. The van der Waals surface area contributed by atoms with Crippen LogP contribution in [0.1, 0.15) is 13.3 Å². The SMILES string of the molecule is CCCNC1OC1OC. The Hall–Kier alpha value is -0.120. The van der Waals surface area contributed by atoms with Gasteiger partial charge >= 0.3 is 0 Å². The van der Waals surface area contributed by atoms with E-state index in [4.69, 9.17) is 9.47 Å². The monoisotopic (exact) mass is 131 g/mol. The molecule has 1 fully saturated rings. The summed E-state index contributed by atoms with van der Waals surface area (Å²) in [5.74, 6) is 0. The molecule has 0 amide bonds. The van der Waals surface area contributed by atoms with Crippen molar-refractivity contribution >= 4 is 0 Å². The van der Waals surface area contributed by atoms with E-state index >= 15 is 0 Å². The third-order valence-corrected chi connectivity index (χ3v) is 1.28. The lowest BCUT2D eigenvalue weighted by Crippen LogP contribution is -2.20. The van der Waals surface area contributed by atoms with Crippen molar-refractivity contribution < 1.29 is 9.47 Å². The van der Waals surface area contributed by atoms with Crippen molar-refractivity contribution in [2.24, 2.45) is 0 Å². The van der Waals surface area contributed by atoms with Crippen LogP contribution in [0.2, 0.25) is 0 Å². The molecule has 1 rings (SSSR count). The molecule has 0 aliphatic carbocycles. The summed E-state index contributed by atoms with van der Waals surface area (Å²) in [4.78, 5) is 0. The Morgan fingerprint density at radius 3 is 2.89 bits per heavy atom. The van der Waals surface area contributed by atoms with Gasteiger partial charge in [-0.25, -0.2) is 0 Å². The summed E-state index contributed by atoms with van der Waals surface area (Å²) in [5.41, 5.74) is 0. The van der Waals surface area contributed by atoms with Crippen molar-refractivity contribution in [3.05, 3.63) is 0 Å². The highest BCUT2D eigenvalue weighted by molar-refractivity contribution is 4.72. The van der Waals surface area contributed by atoms with Crippen molar-refractivity contribution in [2.75, 3.05) is 13.7 Å². The van der Waals surface area contributed by atoms with Gasteiger partial charge in [0.1, 0.15) is 0 Å². The Balaban J connectivity index is 1.92. The first-order valence-corrected chi connectivity index (χ1v) is 3.30. The van der Waals surface area contributed by atoms with Crippen molar-refractivity contribution in [3.63, 3.8) is 0 Å². The van der Waals surface area contributed by atoms with Gasteiger partial charge in [-0.15, -0.1) is 0 Å². The summed E-state index contributed by atoms with van der Waals surface area (Å²) in [6, 6.07) is 0. The zero-order valence-corrected chi connectivity index (χ0v) is 5.89. The summed E-state index contributed by atoms with van der Waals surface area (Å²) in [7, 11) is 1.65. The van der Waals surface area contributed by atoms with Gasteiger partial charge in [0.25, 0.3) is 0 Å². The third kappa shape index (κ3) is 1.93. The minimum absolute atomic E-state index is 0.0107. The van der Waals surface area contributed by atoms with Gasteiger partial charge < -0.3 is 9.47 Å². The van der Waals surface area contributed by atoms with Crippen molar-refractivity contribution in [1.82, 2.24) is 5.32 Å². The van der Waals surface area contributed by atoms with Gasteiger partial charge in [-0.3, -0.25) is 5.32 Å². The molecule has 54 valence electrons. The molecule has 1 heterocycles. The van der Waals surface area contributed by atoms with Crippen LogP contribution in [0.4, 0.5) is 0 Å². The Bertz CT molecular complexity index is 87.1. The highest BCUT2D eigenvalue weighted by Crippen LogP contribution is 2.18. The first-order valence-electron chi connectivity index (χ1n) is 3.30. The van der Waals surface area contributed by atoms with E-state index in [2.05, 4.69) is 12.2 Å². The molecule has 3 nitrogen and oxygen atoms in total. The molecule has 0 aromatic carbocycles. The average Bonchev–Trinajstić information content (AvgIpc) is 2.62. The van der Waals surface area contributed by atoms with Crippen molar-refractivity contribution in [1.29, 1.82) is 0 Å². The van der Waals surface area contributed by atoms with Crippen LogP contribution in [0.3, 0.4) is 0 Å². The lowest BCUT2D eigenvalue weighted by Gasteiger charge is -1.93. The summed E-state index contributed by atoms with van der Waals surface area (Å²) in [6.45, 7) is 3.13. The Kier molecular flexibility index (Phi) is 2.45. The normalized spacial score (nSPS) is 32.7. The number of hydrogen-bond acceptors (Lipinski definition) is 3. The Morgan fingerprint density at radius 1 is 1.67 bits per heavy atom. The van der Waals surface area contributed by atoms with Gasteiger partial charge in [0.2, 0.25) is 0 Å². The fraction of sp³-hybridized carbons (Fsp3) is 1.00. The van der Waals surface area contributed by atoms with E-state index in [1.54, 1.807) is 7.11 Å². The molecular formula is C6H13NO2. The maximum Gasteiger partial charge on any atom is 0.199 e. The fourth-order valence-electron chi connectivity index (χ4n) is 0.709.